The second-order valence-electron chi connectivity index (χ2n) is 4.40. The Labute approximate surface area is 124 Å². The highest BCUT2D eigenvalue weighted by Gasteiger charge is 2.12. The summed E-state index contributed by atoms with van der Waals surface area (Å²) >= 11 is 0. The summed E-state index contributed by atoms with van der Waals surface area (Å²) in [5, 5.41) is 2.59. The monoisotopic (exact) mass is 297 g/mol. The molecule has 110 valence electrons. The summed E-state index contributed by atoms with van der Waals surface area (Å²) < 4.78 is 10.1. The Kier molecular flexibility index (Phi) is 3.78. The van der Waals surface area contributed by atoms with Gasteiger partial charge < -0.3 is 14.5 Å². The third-order valence-corrected chi connectivity index (χ3v) is 2.87. The van der Waals surface area contributed by atoms with Crippen molar-refractivity contribution in [3.8, 4) is 0 Å². The van der Waals surface area contributed by atoms with E-state index in [0.29, 0.717) is 22.4 Å². The number of ether oxygens (including phenoxy) is 1. The maximum atomic E-state index is 11.9. The zero-order valence-electron chi connectivity index (χ0n) is 11.4. The molecule has 1 N–H and O–H groups in total. The average Bonchev–Trinajstić information content (AvgIpc) is 3.01. The fourth-order valence-corrected chi connectivity index (χ4v) is 1.83. The summed E-state index contributed by atoms with van der Waals surface area (Å²) in [6, 6.07) is 8.00. The first kappa shape index (κ1) is 13.7. The minimum atomic E-state index is -0.608. The number of nitrogens with one attached hydrogen (secondary N) is 1. The van der Waals surface area contributed by atoms with E-state index < -0.39 is 11.9 Å². The predicted octanol–water partition coefficient (Wildman–Crippen LogP) is 2.02. The third-order valence-electron chi connectivity index (χ3n) is 2.87. The fourth-order valence-electron chi connectivity index (χ4n) is 1.83. The number of anilines is 1. The third kappa shape index (κ3) is 3.09. The van der Waals surface area contributed by atoms with Crippen LogP contribution in [-0.2, 0) is 9.53 Å². The molecule has 2 aromatic heterocycles. The van der Waals surface area contributed by atoms with Crippen molar-refractivity contribution >= 4 is 28.7 Å². The molecule has 0 saturated heterocycles. The van der Waals surface area contributed by atoms with Crippen LogP contribution in [-0.4, -0.2) is 28.5 Å². The number of fused-ring (bicyclic) bond motifs is 1. The highest BCUT2D eigenvalue weighted by molar-refractivity contribution is 5.96. The highest BCUT2D eigenvalue weighted by atomic mass is 16.5. The molecule has 0 aliphatic heterocycles. The van der Waals surface area contributed by atoms with Crippen molar-refractivity contribution in [1.29, 1.82) is 0 Å². The SMILES string of the molecule is O=C(COC(=O)c1ccc2ncoc2c1)Nc1ccncc1. The van der Waals surface area contributed by atoms with Gasteiger partial charge >= 0.3 is 5.97 Å². The number of benzene rings is 1. The average molecular weight is 297 g/mol. The van der Waals surface area contributed by atoms with Crippen LogP contribution in [0.15, 0.2) is 53.5 Å². The quantitative estimate of drug-likeness (QED) is 0.740. The van der Waals surface area contributed by atoms with Gasteiger partial charge in [-0.2, -0.15) is 0 Å². The van der Waals surface area contributed by atoms with Gasteiger partial charge in [-0.25, -0.2) is 9.78 Å². The smallest absolute Gasteiger partial charge is 0.338 e. The molecule has 0 aliphatic rings. The standard InChI is InChI=1S/C15H11N3O4/c19-14(18-11-3-5-16-6-4-11)8-21-15(20)10-1-2-12-13(7-10)22-9-17-12/h1-7,9H,8H2,(H,16,18,19). The number of rotatable bonds is 4. The molecule has 0 saturated carbocycles. The number of aromatic nitrogens is 2. The van der Waals surface area contributed by atoms with Crippen molar-refractivity contribution in [3.05, 3.63) is 54.7 Å². The van der Waals surface area contributed by atoms with Crippen molar-refractivity contribution in [2.45, 2.75) is 0 Å². The lowest BCUT2D eigenvalue weighted by atomic mass is 10.2. The molecule has 7 nitrogen and oxygen atoms in total. The van der Waals surface area contributed by atoms with E-state index in [2.05, 4.69) is 15.3 Å². The number of carbonyl (C=O) groups excluding carboxylic acids is 2. The number of nitrogens with zero attached hydrogens (tertiary/aromatic N) is 2. The van der Waals surface area contributed by atoms with E-state index in [1.54, 1.807) is 36.7 Å². The van der Waals surface area contributed by atoms with E-state index in [-0.39, 0.29) is 6.61 Å². The van der Waals surface area contributed by atoms with Crippen molar-refractivity contribution in [2.24, 2.45) is 0 Å². The zero-order chi connectivity index (χ0) is 15.4. The van der Waals surface area contributed by atoms with E-state index in [1.807, 2.05) is 0 Å². The zero-order valence-corrected chi connectivity index (χ0v) is 11.4. The minimum absolute atomic E-state index is 0.293. The molecule has 3 rings (SSSR count). The van der Waals surface area contributed by atoms with Crippen LogP contribution in [0.1, 0.15) is 10.4 Å². The summed E-state index contributed by atoms with van der Waals surface area (Å²) in [5.74, 6) is -1.04. The van der Waals surface area contributed by atoms with E-state index >= 15 is 0 Å². The van der Waals surface area contributed by atoms with Gasteiger partial charge in [-0.3, -0.25) is 9.78 Å². The second-order valence-corrected chi connectivity index (χ2v) is 4.40. The summed E-state index contributed by atoms with van der Waals surface area (Å²) in [5.41, 5.74) is 2.00. The Morgan fingerprint density at radius 3 is 2.82 bits per heavy atom. The van der Waals surface area contributed by atoms with E-state index in [0.717, 1.165) is 0 Å². The Morgan fingerprint density at radius 1 is 1.18 bits per heavy atom. The van der Waals surface area contributed by atoms with Crippen LogP contribution in [0.2, 0.25) is 0 Å². The molecular weight excluding hydrogens is 286 g/mol. The molecule has 0 bridgehead atoms. The molecule has 3 aromatic rings. The molecule has 0 unspecified atom stereocenters. The number of carbonyl (C=O) groups is 2. The van der Waals surface area contributed by atoms with Crippen LogP contribution in [0, 0.1) is 0 Å². The van der Waals surface area contributed by atoms with Crippen LogP contribution >= 0.6 is 0 Å². The van der Waals surface area contributed by atoms with Gasteiger partial charge in [0.05, 0.1) is 5.56 Å². The summed E-state index contributed by atoms with van der Waals surface area (Å²) in [6.07, 6.45) is 4.39. The molecule has 7 heteroatoms. The number of amides is 1. The van der Waals surface area contributed by atoms with Crippen LogP contribution in [0.5, 0.6) is 0 Å². The molecule has 1 amide bonds. The van der Waals surface area contributed by atoms with Crippen LogP contribution in [0.3, 0.4) is 0 Å². The molecule has 22 heavy (non-hydrogen) atoms. The largest absolute Gasteiger partial charge is 0.452 e. The van der Waals surface area contributed by atoms with E-state index in [4.69, 9.17) is 9.15 Å². The lowest BCUT2D eigenvalue weighted by molar-refractivity contribution is -0.119. The van der Waals surface area contributed by atoms with Gasteiger partial charge in [-0.05, 0) is 30.3 Å². The van der Waals surface area contributed by atoms with Gasteiger partial charge in [-0.1, -0.05) is 0 Å². The van der Waals surface area contributed by atoms with E-state index in [1.165, 1.54) is 12.5 Å². The first-order valence-corrected chi connectivity index (χ1v) is 6.42. The summed E-state index contributed by atoms with van der Waals surface area (Å²) in [4.78, 5) is 31.4. The van der Waals surface area contributed by atoms with Crippen molar-refractivity contribution in [2.75, 3.05) is 11.9 Å². The number of pyridine rings is 1. The number of esters is 1. The van der Waals surface area contributed by atoms with E-state index in [9.17, 15) is 9.59 Å². The number of oxazole rings is 1. The summed E-state index contributed by atoms with van der Waals surface area (Å²) in [7, 11) is 0. The van der Waals surface area contributed by atoms with Crippen LogP contribution in [0.4, 0.5) is 5.69 Å². The van der Waals surface area contributed by atoms with Crippen molar-refractivity contribution in [1.82, 2.24) is 9.97 Å². The predicted molar refractivity (Wildman–Crippen MR) is 77.2 cm³/mol. The first-order chi connectivity index (χ1) is 10.7. The number of hydrogen-bond acceptors (Lipinski definition) is 6. The molecule has 2 heterocycles. The summed E-state index contributed by atoms with van der Waals surface area (Å²) in [6.45, 7) is -0.379. The number of hydrogen-bond donors (Lipinski definition) is 1. The fraction of sp³-hybridized carbons (Fsp3) is 0.0667. The lowest BCUT2D eigenvalue weighted by Crippen LogP contribution is -2.20. The van der Waals surface area contributed by atoms with Gasteiger partial charge in [-0.15, -0.1) is 0 Å². The Balaban J connectivity index is 1.58. The van der Waals surface area contributed by atoms with Crippen LogP contribution in [0.25, 0.3) is 11.1 Å². The second kappa shape index (κ2) is 6.04. The van der Waals surface area contributed by atoms with Gasteiger partial charge in [0.15, 0.2) is 18.6 Å². The normalized spacial score (nSPS) is 10.4. The van der Waals surface area contributed by atoms with Crippen molar-refractivity contribution in [3.63, 3.8) is 0 Å². The molecule has 0 radical (unpaired) electrons. The van der Waals surface area contributed by atoms with Crippen molar-refractivity contribution < 1.29 is 18.7 Å². The molecule has 0 atom stereocenters. The topological polar surface area (TPSA) is 94.3 Å². The molecule has 0 aliphatic carbocycles. The van der Waals surface area contributed by atoms with Gasteiger partial charge in [0.25, 0.3) is 5.91 Å². The maximum absolute atomic E-state index is 11.9. The van der Waals surface area contributed by atoms with Gasteiger partial charge in [0.1, 0.15) is 5.52 Å². The lowest BCUT2D eigenvalue weighted by Gasteiger charge is -2.06. The molecule has 0 spiro atoms. The Bertz CT molecular complexity index is 814. The highest BCUT2D eigenvalue weighted by Crippen LogP contribution is 2.15. The first-order valence-electron chi connectivity index (χ1n) is 6.42. The molecule has 0 fully saturated rings. The Morgan fingerprint density at radius 2 is 2.00 bits per heavy atom. The molecule has 1 aromatic carbocycles. The van der Waals surface area contributed by atoms with Crippen LogP contribution < -0.4 is 5.32 Å². The van der Waals surface area contributed by atoms with Gasteiger partial charge in [0.2, 0.25) is 0 Å². The Hall–Kier alpha value is -3.22. The minimum Gasteiger partial charge on any atom is -0.452 e. The van der Waals surface area contributed by atoms with Gasteiger partial charge in [0, 0.05) is 18.1 Å². The molecular formula is C15H11N3O4. The maximum Gasteiger partial charge on any atom is 0.338 e.